The van der Waals surface area contributed by atoms with Crippen molar-refractivity contribution in [3.05, 3.63) is 22.5 Å². The minimum absolute atomic E-state index is 0.0594. The van der Waals surface area contributed by atoms with Gasteiger partial charge in [0.05, 0.1) is 12.7 Å². The molecule has 0 aliphatic heterocycles. The zero-order valence-electron chi connectivity index (χ0n) is 13.3. The molecule has 0 aromatic carbocycles. The molecule has 134 valence electrons. The second-order valence-electron chi connectivity index (χ2n) is 4.79. The number of ether oxygens (including phenoxy) is 2. The first-order chi connectivity index (χ1) is 11.1. The Morgan fingerprint density at radius 3 is 2.33 bits per heavy atom. The summed E-state index contributed by atoms with van der Waals surface area (Å²) in [7, 11) is 1.19. The average Bonchev–Trinajstić information content (AvgIpc) is 2.85. The third-order valence-electron chi connectivity index (χ3n) is 3.10. The molecule has 0 aliphatic carbocycles. The highest BCUT2D eigenvalue weighted by molar-refractivity contribution is 5.99. The molecule has 2 N–H and O–H groups in total. The zero-order chi connectivity index (χ0) is 18.5. The Hall–Kier alpha value is -2.52. The monoisotopic (exact) mass is 350 g/mol. The lowest BCUT2D eigenvalue weighted by atomic mass is 10.1. The summed E-state index contributed by atoms with van der Waals surface area (Å²) in [6.07, 6.45) is -4.15. The number of halogens is 3. The zero-order valence-corrected chi connectivity index (χ0v) is 13.3. The molecule has 24 heavy (non-hydrogen) atoms. The lowest BCUT2D eigenvalue weighted by Crippen LogP contribution is -2.36. The number of nitrogens with one attached hydrogen (secondary N) is 2. The van der Waals surface area contributed by atoms with Crippen LogP contribution in [-0.4, -0.2) is 49.3 Å². The van der Waals surface area contributed by atoms with Gasteiger partial charge in [0.1, 0.15) is 12.2 Å². The van der Waals surface area contributed by atoms with Gasteiger partial charge in [-0.1, -0.05) is 6.92 Å². The fourth-order valence-corrected chi connectivity index (χ4v) is 1.96. The molecular formula is C14H17F3N2O5. The molecular weight excluding hydrogens is 333 g/mol. The number of H-pyrrole nitrogens is 1. The van der Waals surface area contributed by atoms with E-state index in [1.165, 1.54) is 14.0 Å². The number of carbonyl (C=O) groups excluding carboxylic acids is 3. The summed E-state index contributed by atoms with van der Waals surface area (Å²) < 4.78 is 45.2. The van der Waals surface area contributed by atoms with Crippen molar-refractivity contribution in [3.8, 4) is 0 Å². The van der Waals surface area contributed by atoms with Crippen LogP contribution >= 0.6 is 0 Å². The molecule has 0 unspecified atom stereocenters. The predicted octanol–water partition coefficient (Wildman–Crippen LogP) is 1.51. The fourth-order valence-electron chi connectivity index (χ4n) is 1.96. The molecule has 1 aromatic heterocycles. The van der Waals surface area contributed by atoms with E-state index in [9.17, 15) is 27.6 Å². The number of aromatic amines is 1. The van der Waals surface area contributed by atoms with E-state index in [0.717, 1.165) is 0 Å². The minimum Gasteiger partial charge on any atom is -0.465 e. The van der Waals surface area contributed by atoms with Gasteiger partial charge in [-0.05, 0) is 18.9 Å². The van der Waals surface area contributed by atoms with Crippen LogP contribution in [-0.2, 0) is 20.7 Å². The summed E-state index contributed by atoms with van der Waals surface area (Å²) in [5.41, 5.74) is 0.858. The molecule has 0 atom stereocenters. The predicted molar refractivity (Wildman–Crippen MR) is 75.6 cm³/mol. The second-order valence-corrected chi connectivity index (χ2v) is 4.79. The Labute approximate surface area is 135 Å². The Bertz CT molecular complexity index is 637. The van der Waals surface area contributed by atoms with Crippen molar-refractivity contribution < 1.29 is 37.0 Å². The van der Waals surface area contributed by atoms with Crippen LogP contribution in [0, 0.1) is 6.92 Å². The molecule has 0 saturated heterocycles. The van der Waals surface area contributed by atoms with Gasteiger partial charge in [-0.25, -0.2) is 9.59 Å². The topological polar surface area (TPSA) is 97.5 Å². The average molecular weight is 350 g/mol. The quantitative estimate of drug-likeness (QED) is 0.758. The first-order valence-electron chi connectivity index (χ1n) is 6.91. The summed E-state index contributed by atoms with van der Waals surface area (Å²) >= 11 is 0. The molecule has 1 amide bonds. The van der Waals surface area contributed by atoms with Crippen LogP contribution in [0.5, 0.6) is 0 Å². The number of rotatable bonds is 6. The molecule has 1 aromatic rings. The van der Waals surface area contributed by atoms with Crippen LogP contribution in [0.3, 0.4) is 0 Å². The molecule has 0 fully saturated rings. The van der Waals surface area contributed by atoms with Crippen molar-refractivity contribution in [2.45, 2.75) is 26.4 Å². The third kappa shape index (κ3) is 5.00. The summed E-state index contributed by atoms with van der Waals surface area (Å²) in [6.45, 7) is 0.847. The van der Waals surface area contributed by atoms with Crippen LogP contribution in [0.1, 0.15) is 39.0 Å². The first kappa shape index (κ1) is 19.5. The normalized spacial score (nSPS) is 11.1. The SMILES string of the molecule is CCc1[nH]c(C(=O)OCC(=O)NCC(F)(F)F)c(C)c1C(=O)OC. The van der Waals surface area contributed by atoms with Crippen LogP contribution in [0.15, 0.2) is 0 Å². The molecule has 0 bridgehead atoms. The highest BCUT2D eigenvalue weighted by atomic mass is 19.4. The van der Waals surface area contributed by atoms with Crippen LogP contribution in [0.2, 0.25) is 0 Å². The van der Waals surface area contributed by atoms with Gasteiger partial charge in [0, 0.05) is 5.69 Å². The van der Waals surface area contributed by atoms with Crippen LogP contribution in [0.4, 0.5) is 13.2 Å². The van der Waals surface area contributed by atoms with Gasteiger partial charge in [0.2, 0.25) is 0 Å². The van der Waals surface area contributed by atoms with E-state index in [4.69, 9.17) is 0 Å². The largest absolute Gasteiger partial charge is 0.465 e. The van der Waals surface area contributed by atoms with Gasteiger partial charge in [0.15, 0.2) is 6.61 Å². The molecule has 7 nitrogen and oxygen atoms in total. The maximum Gasteiger partial charge on any atom is 0.405 e. The van der Waals surface area contributed by atoms with E-state index in [-0.39, 0.29) is 16.8 Å². The standard InChI is InChI=1S/C14H17F3N2O5/c1-4-8-10(12(21)23-3)7(2)11(19-8)13(22)24-5-9(20)18-6-14(15,16)17/h19H,4-6H2,1-3H3,(H,18,20). The molecule has 0 saturated carbocycles. The first-order valence-corrected chi connectivity index (χ1v) is 6.91. The number of esters is 2. The number of methoxy groups -OCH3 is 1. The van der Waals surface area contributed by atoms with Crippen molar-refractivity contribution in [3.63, 3.8) is 0 Å². The lowest BCUT2D eigenvalue weighted by Gasteiger charge is -2.08. The maximum atomic E-state index is 12.0. The number of aromatic nitrogens is 1. The molecule has 0 aliphatic rings. The van der Waals surface area contributed by atoms with Crippen LogP contribution < -0.4 is 5.32 Å². The molecule has 10 heteroatoms. The maximum absolute atomic E-state index is 12.0. The minimum atomic E-state index is -4.55. The van der Waals surface area contributed by atoms with Crippen molar-refractivity contribution in [1.82, 2.24) is 10.3 Å². The van der Waals surface area contributed by atoms with Crippen molar-refractivity contribution >= 4 is 17.8 Å². The summed E-state index contributed by atoms with van der Waals surface area (Å²) in [4.78, 5) is 37.6. The van der Waals surface area contributed by atoms with Gasteiger partial charge >= 0.3 is 18.1 Å². The highest BCUT2D eigenvalue weighted by Crippen LogP contribution is 2.21. The Balaban J connectivity index is 2.77. The number of amides is 1. The Morgan fingerprint density at radius 2 is 1.83 bits per heavy atom. The summed E-state index contributed by atoms with van der Waals surface area (Å²) in [5.74, 6) is -2.68. The number of alkyl halides is 3. The van der Waals surface area contributed by atoms with Crippen molar-refractivity contribution in [1.29, 1.82) is 0 Å². The lowest BCUT2D eigenvalue weighted by molar-refractivity contribution is -0.140. The van der Waals surface area contributed by atoms with Gasteiger partial charge in [-0.2, -0.15) is 13.2 Å². The molecule has 0 radical (unpaired) electrons. The van der Waals surface area contributed by atoms with E-state index in [0.29, 0.717) is 12.1 Å². The van der Waals surface area contributed by atoms with E-state index >= 15 is 0 Å². The molecule has 1 rings (SSSR count). The van der Waals surface area contributed by atoms with Gasteiger partial charge in [-0.3, -0.25) is 4.79 Å². The Kier molecular flexibility index (Phi) is 6.38. The van der Waals surface area contributed by atoms with Gasteiger partial charge in [0.25, 0.3) is 5.91 Å². The number of hydrogen-bond donors (Lipinski definition) is 2. The highest BCUT2D eigenvalue weighted by Gasteiger charge is 2.28. The molecule has 0 spiro atoms. The number of carbonyl (C=O) groups is 3. The third-order valence-corrected chi connectivity index (χ3v) is 3.10. The van der Waals surface area contributed by atoms with E-state index in [1.54, 1.807) is 12.2 Å². The Morgan fingerprint density at radius 1 is 1.21 bits per heavy atom. The summed E-state index contributed by atoms with van der Waals surface area (Å²) in [6, 6.07) is 0. The second kappa shape index (κ2) is 7.84. The summed E-state index contributed by atoms with van der Waals surface area (Å²) in [5, 5.41) is 1.57. The van der Waals surface area contributed by atoms with Crippen LogP contribution in [0.25, 0.3) is 0 Å². The number of hydrogen-bond acceptors (Lipinski definition) is 5. The van der Waals surface area contributed by atoms with E-state index in [2.05, 4.69) is 14.5 Å². The smallest absolute Gasteiger partial charge is 0.405 e. The van der Waals surface area contributed by atoms with Crippen molar-refractivity contribution in [2.24, 2.45) is 0 Å². The van der Waals surface area contributed by atoms with Gasteiger partial charge in [-0.15, -0.1) is 0 Å². The van der Waals surface area contributed by atoms with E-state index < -0.39 is 37.2 Å². The fraction of sp³-hybridized carbons (Fsp3) is 0.500. The van der Waals surface area contributed by atoms with E-state index in [1.807, 2.05) is 0 Å². The number of aryl methyl sites for hydroxylation is 1. The van der Waals surface area contributed by atoms with Crippen molar-refractivity contribution in [2.75, 3.05) is 20.3 Å². The molecule has 1 heterocycles. The van der Waals surface area contributed by atoms with Gasteiger partial charge < -0.3 is 19.8 Å².